The van der Waals surface area contributed by atoms with Crippen molar-refractivity contribution >= 4 is 45.7 Å². The summed E-state index contributed by atoms with van der Waals surface area (Å²) in [6.07, 6.45) is 2.94. The van der Waals surface area contributed by atoms with Crippen molar-refractivity contribution in [2.24, 2.45) is 0 Å². The van der Waals surface area contributed by atoms with Gasteiger partial charge in [0.25, 0.3) is 0 Å². The molecule has 0 saturated carbocycles. The van der Waals surface area contributed by atoms with Crippen LogP contribution in [0.25, 0.3) is 6.08 Å². The molecule has 148 valence electrons. The zero-order valence-electron chi connectivity index (χ0n) is 16.3. The summed E-state index contributed by atoms with van der Waals surface area (Å²) in [5.41, 5.74) is 3.37. The molecule has 3 aromatic rings. The van der Waals surface area contributed by atoms with Crippen molar-refractivity contribution in [3.05, 3.63) is 76.6 Å². The number of nitrogens with one attached hydrogen (secondary N) is 1. The summed E-state index contributed by atoms with van der Waals surface area (Å²) in [7, 11) is 0. The van der Waals surface area contributed by atoms with Gasteiger partial charge in [-0.1, -0.05) is 30.3 Å². The highest BCUT2D eigenvalue weighted by Gasteiger charge is 2.20. The number of nitrogens with zero attached hydrogens (tertiary/aromatic N) is 2. The molecule has 0 fully saturated rings. The van der Waals surface area contributed by atoms with E-state index in [4.69, 9.17) is 0 Å². The van der Waals surface area contributed by atoms with E-state index >= 15 is 0 Å². The van der Waals surface area contributed by atoms with Crippen LogP contribution in [0.4, 0.5) is 20.9 Å². The number of para-hydroxylation sites is 2. The molecule has 0 unspecified atom stereocenters. The van der Waals surface area contributed by atoms with Crippen LogP contribution in [0, 0.1) is 19.7 Å². The third kappa shape index (κ3) is 4.75. The average molecular weight is 409 g/mol. The second-order valence-electron chi connectivity index (χ2n) is 6.45. The predicted octanol–water partition coefficient (Wildman–Crippen LogP) is 5.24. The SMILES string of the molecule is CC(=O)N(c1nc(/C=C/C(=O)Nc2c(C)cccc2C)cs1)c1ccccc1F. The predicted molar refractivity (Wildman–Crippen MR) is 115 cm³/mol. The van der Waals surface area contributed by atoms with E-state index in [-0.39, 0.29) is 17.5 Å². The van der Waals surface area contributed by atoms with Gasteiger partial charge in [-0.3, -0.25) is 14.5 Å². The molecule has 0 aliphatic carbocycles. The number of amides is 2. The van der Waals surface area contributed by atoms with Gasteiger partial charge in [0, 0.05) is 24.1 Å². The first kappa shape index (κ1) is 20.4. The van der Waals surface area contributed by atoms with Crippen molar-refractivity contribution in [1.82, 2.24) is 4.98 Å². The molecule has 1 N–H and O–H groups in total. The molecule has 0 atom stereocenters. The number of aryl methyl sites for hydroxylation is 2. The quantitative estimate of drug-likeness (QED) is 0.587. The van der Waals surface area contributed by atoms with Crippen LogP contribution >= 0.6 is 11.3 Å². The zero-order valence-corrected chi connectivity index (χ0v) is 17.1. The minimum atomic E-state index is -0.511. The lowest BCUT2D eigenvalue weighted by atomic mass is 10.1. The van der Waals surface area contributed by atoms with Gasteiger partial charge in [0.05, 0.1) is 11.4 Å². The zero-order chi connectivity index (χ0) is 21.0. The van der Waals surface area contributed by atoms with Crippen LogP contribution in [-0.4, -0.2) is 16.8 Å². The minimum Gasteiger partial charge on any atom is -0.322 e. The Kier molecular flexibility index (Phi) is 6.19. The number of hydrogen-bond donors (Lipinski definition) is 1. The van der Waals surface area contributed by atoms with Crippen LogP contribution < -0.4 is 10.2 Å². The third-order valence-electron chi connectivity index (χ3n) is 4.24. The number of thiazole rings is 1. The van der Waals surface area contributed by atoms with Gasteiger partial charge >= 0.3 is 0 Å². The fourth-order valence-electron chi connectivity index (χ4n) is 2.83. The van der Waals surface area contributed by atoms with Gasteiger partial charge in [-0.2, -0.15) is 0 Å². The largest absolute Gasteiger partial charge is 0.322 e. The van der Waals surface area contributed by atoms with Gasteiger partial charge < -0.3 is 5.32 Å². The molecule has 29 heavy (non-hydrogen) atoms. The van der Waals surface area contributed by atoms with E-state index in [0.717, 1.165) is 16.8 Å². The number of rotatable bonds is 5. The van der Waals surface area contributed by atoms with Gasteiger partial charge in [0.15, 0.2) is 5.13 Å². The maximum atomic E-state index is 14.1. The number of aromatic nitrogens is 1. The molecule has 0 aliphatic rings. The molecule has 0 spiro atoms. The number of carbonyl (C=O) groups excluding carboxylic acids is 2. The second kappa shape index (κ2) is 8.79. The highest BCUT2D eigenvalue weighted by molar-refractivity contribution is 7.14. The molecule has 3 rings (SSSR count). The number of benzene rings is 2. The average Bonchev–Trinajstić information content (AvgIpc) is 3.13. The summed E-state index contributed by atoms with van der Waals surface area (Å²) in [5.74, 6) is -1.15. The van der Waals surface area contributed by atoms with E-state index in [1.165, 1.54) is 41.4 Å². The van der Waals surface area contributed by atoms with E-state index in [1.807, 2.05) is 32.0 Å². The summed E-state index contributed by atoms with van der Waals surface area (Å²) in [4.78, 5) is 29.9. The van der Waals surface area contributed by atoms with Gasteiger partial charge in [0.2, 0.25) is 11.8 Å². The Bertz CT molecular complexity index is 1070. The van der Waals surface area contributed by atoms with Gasteiger partial charge in [-0.05, 0) is 43.2 Å². The smallest absolute Gasteiger partial charge is 0.248 e. The molecule has 1 heterocycles. The molecular weight excluding hydrogens is 389 g/mol. The first-order valence-electron chi connectivity index (χ1n) is 8.93. The number of hydrogen-bond acceptors (Lipinski definition) is 4. The number of carbonyl (C=O) groups is 2. The van der Waals surface area contributed by atoms with Crippen molar-refractivity contribution in [3.63, 3.8) is 0 Å². The van der Waals surface area contributed by atoms with Crippen LogP contribution in [0.2, 0.25) is 0 Å². The van der Waals surface area contributed by atoms with Gasteiger partial charge in [0.1, 0.15) is 5.82 Å². The highest BCUT2D eigenvalue weighted by atomic mass is 32.1. The summed E-state index contributed by atoms with van der Waals surface area (Å²) in [6, 6.07) is 11.8. The van der Waals surface area contributed by atoms with Crippen LogP contribution in [0.5, 0.6) is 0 Å². The fraction of sp³-hybridized carbons (Fsp3) is 0.136. The standard InChI is InChI=1S/C22H20FN3O2S/c1-14-7-6-8-15(2)21(14)25-20(28)12-11-17-13-29-22(24-17)26(16(3)27)19-10-5-4-9-18(19)23/h4-13H,1-3H3,(H,25,28)/b12-11+. The molecule has 5 nitrogen and oxygen atoms in total. The molecule has 0 radical (unpaired) electrons. The second-order valence-corrected chi connectivity index (χ2v) is 7.29. The monoisotopic (exact) mass is 409 g/mol. The van der Waals surface area contributed by atoms with Gasteiger partial charge in [-0.25, -0.2) is 9.37 Å². The first-order chi connectivity index (χ1) is 13.9. The lowest BCUT2D eigenvalue weighted by Gasteiger charge is -2.18. The molecule has 2 amide bonds. The van der Waals surface area contributed by atoms with Crippen LogP contribution in [-0.2, 0) is 9.59 Å². The normalized spacial score (nSPS) is 10.9. The number of anilines is 3. The van der Waals surface area contributed by atoms with E-state index in [0.29, 0.717) is 10.8 Å². The Balaban J connectivity index is 1.78. The van der Waals surface area contributed by atoms with E-state index in [2.05, 4.69) is 10.3 Å². The summed E-state index contributed by atoms with van der Waals surface area (Å²) in [5, 5.41) is 4.90. The highest BCUT2D eigenvalue weighted by Crippen LogP contribution is 2.31. The van der Waals surface area contributed by atoms with Crippen LogP contribution in [0.15, 0.2) is 53.9 Å². The minimum absolute atomic E-state index is 0.137. The third-order valence-corrected chi connectivity index (χ3v) is 5.09. The lowest BCUT2D eigenvalue weighted by molar-refractivity contribution is -0.116. The maximum absolute atomic E-state index is 14.1. The van der Waals surface area contributed by atoms with Crippen LogP contribution in [0.1, 0.15) is 23.7 Å². The van der Waals surface area contributed by atoms with Crippen molar-refractivity contribution in [2.45, 2.75) is 20.8 Å². The fourth-order valence-corrected chi connectivity index (χ4v) is 3.68. The van der Waals surface area contributed by atoms with E-state index in [1.54, 1.807) is 23.6 Å². The summed E-state index contributed by atoms with van der Waals surface area (Å²) >= 11 is 1.19. The molecule has 2 aromatic carbocycles. The molecular formula is C22H20FN3O2S. The van der Waals surface area contributed by atoms with E-state index < -0.39 is 5.82 Å². The molecule has 0 bridgehead atoms. The Labute approximate surface area is 172 Å². The Morgan fingerprint density at radius 1 is 1.10 bits per heavy atom. The molecule has 1 aromatic heterocycles. The summed E-state index contributed by atoms with van der Waals surface area (Å²) in [6.45, 7) is 5.21. The van der Waals surface area contributed by atoms with E-state index in [9.17, 15) is 14.0 Å². The Morgan fingerprint density at radius 3 is 2.45 bits per heavy atom. The van der Waals surface area contributed by atoms with Crippen molar-refractivity contribution in [1.29, 1.82) is 0 Å². The molecule has 0 saturated heterocycles. The van der Waals surface area contributed by atoms with Gasteiger partial charge in [-0.15, -0.1) is 11.3 Å². The number of halogens is 1. The van der Waals surface area contributed by atoms with Crippen LogP contribution in [0.3, 0.4) is 0 Å². The molecule has 7 heteroatoms. The Morgan fingerprint density at radius 2 is 1.79 bits per heavy atom. The van der Waals surface area contributed by atoms with Crippen molar-refractivity contribution in [3.8, 4) is 0 Å². The lowest BCUT2D eigenvalue weighted by Crippen LogP contribution is -2.23. The van der Waals surface area contributed by atoms with Crippen molar-refractivity contribution in [2.75, 3.05) is 10.2 Å². The van der Waals surface area contributed by atoms with Crippen molar-refractivity contribution < 1.29 is 14.0 Å². The maximum Gasteiger partial charge on any atom is 0.248 e. The Hall–Kier alpha value is -3.32. The molecule has 0 aliphatic heterocycles. The summed E-state index contributed by atoms with van der Waals surface area (Å²) < 4.78 is 14.1. The topological polar surface area (TPSA) is 62.3 Å². The first-order valence-corrected chi connectivity index (χ1v) is 9.81.